The van der Waals surface area contributed by atoms with Crippen LogP contribution in [0.3, 0.4) is 0 Å². The normalized spacial score (nSPS) is 10.6. The Balaban J connectivity index is 3.56. The molecule has 0 saturated carbocycles. The second kappa shape index (κ2) is 12.6. The first kappa shape index (κ1) is 17.2. The fraction of sp³-hybridized carbons (Fsp3) is 0.923. The van der Waals surface area contributed by atoms with Crippen LogP contribution in [0.15, 0.2) is 0 Å². The molecular formula is C13H26NO4. The van der Waals surface area contributed by atoms with Crippen LogP contribution in [0, 0.1) is 0 Å². The van der Waals surface area contributed by atoms with E-state index in [2.05, 4.69) is 13.8 Å². The van der Waals surface area contributed by atoms with Crippen molar-refractivity contribution >= 4 is 6.09 Å². The van der Waals surface area contributed by atoms with Crippen molar-refractivity contribution in [3.05, 3.63) is 0 Å². The molecule has 107 valence electrons. The molecule has 0 bridgehead atoms. The molecule has 0 atom stereocenters. The standard InChI is InChI=1S/C13H26NO4/c1-3-5-9-17-11-7-14(13(15)16)8-12-18-10-6-4-2/h3-12H2,1-2H3. The van der Waals surface area contributed by atoms with Crippen LogP contribution in [0.2, 0.25) is 0 Å². The van der Waals surface area contributed by atoms with Crippen molar-refractivity contribution in [2.45, 2.75) is 39.5 Å². The third-order valence-corrected chi connectivity index (χ3v) is 2.55. The molecule has 1 amide bonds. The number of ether oxygens (including phenoxy) is 2. The zero-order chi connectivity index (χ0) is 13.6. The summed E-state index contributed by atoms with van der Waals surface area (Å²) in [5.74, 6) is 0. The number of rotatable bonds is 12. The highest BCUT2D eigenvalue weighted by Crippen LogP contribution is 1.94. The van der Waals surface area contributed by atoms with Crippen LogP contribution in [0.1, 0.15) is 39.5 Å². The summed E-state index contributed by atoms with van der Waals surface area (Å²) in [6.07, 6.45) is 3.01. The zero-order valence-electron chi connectivity index (χ0n) is 11.7. The molecule has 0 fully saturated rings. The van der Waals surface area contributed by atoms with E-state index in [0.717, 1.165) is 25.7 Å². The number of unbranched alkanes of at least 4 members (excludes halogenated alkanes) is 2. The highest BCUT2D eigenvalue weighted by Gasteiger charge is 2.12. The van der Waals surface area contributed by atoms with Gasteiger partial charge in [-0.3, -0.25) is 0 Å². The maximum atomic E-state index is 10.8. The van der Waals surface area contributed by atoms with Gasteiger partial charge < -0.3 is 14.4 Å². The minimum absolute atomic E-state index is 0.350. The van der Waals surface area contributed by atoms with Crippen molar-refractivity contribution in [3.63, 3.8) is 0 Å². The minimum atomic E-state index is -1.16. The molecule has 0 unspecified atom stereocenters. The summed E-state index contributed by atoms with van der Waals surface area (Å²) in [5.41, 5.74) is 0. The molecule has 5 heteroatoms. The molecule has 0 aromatic carbocycles. The molecule has 0 aliphatic rings. The van der Waals surface area contributed by atoms with Crippen molar-refractivity contribution in [2.75, 3.05) is 39.5 Å². The van der Waals surface area contributed by atoms with Crippen LogP contribution in [0.25, 0.3) is 0 Å². The summed E-state index contributed by atoms with van der Waals surface area (Å²) in [4.78, 5) is 12.1. The third-order valence-electron chi connectivity index (χ3n) is 2.55. The summed E-state index contributed by atoms with van der Waals surface area (Å²) in [6, 6.07) is 0. The lowest BCUT2D eigenvalue weighted by Gasteiger charge is -2.17. The molecule has 0 N–H and O–H groups in total. The number of nitrogens with zero attached hydrogens (tertiary/aromatic N) is 1. The predicted octanol–water partition coefficient (Wildman–Crippen LogP) is 2.47. The Labute approximate surface area is 110 Å². The lowest BCUT2D eigenvalue weighted by atomic mass is 10.4. The Morgan fingerprint density at radius 1 is 0.889 bits per heavy atom. The van der Waals surface area contributed by atoms with Gasteiger partial charge in [0.2, 0.25) is 0 Å². The van der Waals surface area contributed by atoms with Gasteiger partial charge in [0.15, 0.2) is 0 Å². The predicted molar refractivity (Wildman–Crippen MR) is 69.1 cm³/mol. The van der Waals surface area contributed by atoms with E-state index in [-0.39, 0.29) is 0 Å². The fourth-order valence-electron chi connectivity index (χ4n) is 1.34. The molecule has 0 aliphatic heterocycles. The Morgan fingerprint density at radius 3 is 1.67 bits per heavy atom. The molecule has 0 spiro atoms. The van der Waals surface area contributed by atoms with E-state index in [1.807, 2.05) is 0 Å². The molecule has 5 nitrogen and oxygen atoms in total. The Bertz CT molecular complexity index is 185. The van der Waals surface area contributed by atoms with Crippen LogP contribution in [0.4, 0.5) is 4.79 Å². The topological polar surface area (TPSA) is 58.7 Å². The third kappa shape index (κ3) is 10.4. The molecule has 0 aromatic rings. The van der Waals surface area contributed by atoms with Crippen LogP contribution in [0.5, 0.6) is 0 Å². The van der Waals surface area contributed by atoms with Crippen molar-refractivity contribution < 1.29 is 19.4 Å². The largest absolute Gasteiger partial charge is 0.453 e. The Hall–Kier alpha value is -0.810. The number of hydrogen-bond donors (Lipinski definition) is 0. The molecule has 0 saturated heterocycles. The SMILES string of the molecule is CCCCOCCN(CCOCCCC)C([O])=O. The van der Waals surface area contributed by atoms with Gasteiger partial charge in [-0.2, -0.15) is 0 Å². The number of carbonyl (C=O) groups excluding carboxylic acids is 1. The lowest BCUT2D eigenvalue weighted by molar-refractivity contribution is 0.0600. The van der Waals surface area contributed by atoms with Gasteiger partial charge in [0, 0.05) is 26.3 Å². The van der Waals surface area contributed by atoms with E-state index in [1.54, 1.807) is 0 Å². The van der Waals surface area contributed by atoms with Gasteiger partial charge in [-0.15, -0.1) is 0 Å². The van der Waals surface area contributed by atoms with E-state index in [1.165, 1.54) is 4.90 Å². The number of amides is 1. The maximum Gasteiger partial charge on any atom is 0.453 e. The molecule has 0 aliphatic carbocycles. The number of carbonyl (C=O) groups is 1. The van der Waals surface area contributed by atoms with Gasteiger partial charge in [0.1, 0.15) is 0 Å². The summed E-state index contributed by atoms with van der Waals surface area (Å²) >= 11 is 0. The van der Waals surface area contributed by atoms with E-state index >= 15 is 0 Å². The second-order valence-corrected chi connectivity index (χ2v) is 4.18. The van der Waals surface area contributed by atoms with Gasteiger partial charge in [-0.25, -0.2) is 9.90 Å². The fourth-order valence-corrected chi connectivity index (χ4v) is 1.34. The molecule has 0 aromatic heterocycles. The average Bonchev–Trinajstić information content (AvgIpc) is 2.35. The van der Waals surface area contributed by atoms with Crippen molar-refractivity contribution in [1.82, 2.24) is 4.90 Å². The Kier molecular flexibility index (Phi) is 12.1. The van der Waals surface area contributed by atoms with Crippen LogP contribution >= 0.6 is 0 Å². The van der Waals surface area contributed by atoms with E-state index < -0.39 is 6.09 Å². The monoisotopic (exact) mass is 260 g/mol. The van der Waals surface area contributed by atoms with Gasteiger partial charge in [-0.1, -0.05) is 26.7 Å². The van der Waals surface area contributed by atoms with E-state index in [0.29, 0.717) is 39.5 Å². The summed E-state index contributed by atoms with van der Waals surface area (Å²) in [7, 11) is 0. The van der Waals surface area contributed by atoms with Crippen LogP contribution in [-0.4, -0.2) is 50.5 Å². The lowest BCUT2D eigenvalue weighted by Crippen LogP contribution is -2.35. The summed E-state index contributed by atoms with van der Waals surface area (Å²) in [6.45, 7) is 7.09. The summed E-state index contributed by atoms with van der Waals surface area (Å²) < 4.78 is 10.7. The van der Waals surface area contributed by atoms with Gasteiger partial charge in [0.25, 0.3) is 0 Å². The Morgan fingerprint density at radius 2 is 1.33 bits per heavy atom. The first-order valence-corrected chi connectivity index (χ1v) is 6.83. The van der Waals surface area contributed by atoms with Gasteiger partial charge >= 0.3 is 6.09 Å². The van der Waals surface area contributed by atoms with Crippen molar-refractivity contribution in [1.29, 1.82) is 0 Å². The van der Waals surface area contributed by atoms with E-state index in [4.69, 9.17) is 9.47 Å². The van der Waals surface area contributed by atoms with Gasteiger partial charge in [-0.05, 0) is 12.8 Å². The minimum Gasteiger partial charge on any atom is -0.380 e. The van der Waals surface area contributed by atoms with Crippen molar-refractivity contribution in [3.8, 4) is 0 Å². The highest BCUT2D eigenvalue weighted by atomic mass is 16.5. The van der Waals surface area contributed by atoms with Crippen molar-refractivity contribution in [2.24, 2.45) is 0 Å². The van der Waals surface area contributed by atoms with Gasteiger partial charge in [0.05, 0.1) is 13.2 Å². The maximum absolute atomic E-state index is 10.8. The smallest absolute Gasteiger partial charge is 0.380 e. The first-order valence-electron chi connectivity index (χ1n) is 6.83. The molecular weight excluding hydrogens is 234 g/mol. The number of hydrogen-bond acceptors (Lipinski definition) is 3. The highest BCUT2D eigenvalue weighted by molar-refractivity contribution is 5.64. The summed E-state index contributed by atoms with van der Waals surface area (Å²) in [5, 5.41) is 10.8. The quantitative estimate of drug-likeness (QED) is 0.506. The van der Waals surface area contributed by atoms with E-state index in [9.17, 15) is 9.90 Å². The average molecular weight is 260 g/mol. The molecule has 0 rings (SSSR count). The molecule has 0 heterocycles. The van der Waals surface area contributed by atoms with Crippen LogP contribution in [-0.2, 0) is 14.6 Å². The second-order valence-electron chi connectivity index (χ2n) is 4.18. The molecule has 1 radical (unpaired) electrons. The first-order chi connectivity index (χ1) is 8.72. The molecule has 18 heavy (non-hydrogen) atoms. The van der Waals surface area contributed by atoms with Crippen LogP contribution < -0.4 is 0 Å². The zero-order valence-corrected chi connectivity index (χ0v) is 11.7.